The molecule has 6 heteroatoms. The molecule has 0 amide bonds. The van der Waals surface area contributed by atoms with E-state index < -0.39 is 31.2 Å². The van der Waals surface area contributed by atoms with Crippen LogP contribution in [-0.2, 0) is 18.8 Å². The first-order chi connectivity index (χ1) is 19.0. The minimum atomic E-state index is -1.83. The number of hydrogen-bond donors (Lipinski definition) is 1. The summed E-state index contributed by atoms with van der Waals surface area (Å²) >= 11 is 0. The number of esters is 1. The van der Waals surface area contributed by atoms with Gasteiger partial charge in [0.05, 0.1) is 12.5 Å². The summed E-state index contributed by atoms with van der Waals surface area (Å²) in [5.41, 5.74) is -0.562. The lowest BCUT2D eigenvalue weighted by Crippen LogP contribution is -2.60. The highest BCUT2D eigenvalue weighted by Gasteiger charge is 2.70. The lowest BCUT2D eigenvalue weighted by atomic mass is 9.46. The minimum Gasteiger partial charge on any atom is -0.465 e. The maximum Gasteiger partial charge on any atom is 0.312 e. The van der Waals surface area contributed by atoms with E-state index in [1.807, 2.05) is 0 Å². The van der Waals surface area contributed by atoms with Gasteiger partial charge in [0, 0.05) is 17.9 Å². The van der Waals surface area contributed by atoms with Gasteiger partial charge in [-0.1, -0.05) is 78.9 Å². The van der Waals surface area contributed by atoms with Gasteiger partial charge < -0.3 is 14.3 Å². The van der Waals surface area contributed by atoms with Crippen LogP contribution in [0.4, 0.5) is 0 Å². The van der Waals surface area contributed by atoms with Crippen LogP contribution in [0, 0.1) is 34.5 Å². The Bertz CT molecular complexity index is 1010. The van der Waals surface area contributed by atoms with Gasteiger partial charge in [-0.3, -0.25) is 9.59 Å². The van der Waals surface area contributed by atoms with Crippen LogP contribution >= 0.6 is 0 Å². The minimum absolute atomic E-state index is 0.0962. The Kier molecular flexibility index (Phi) is 9.51. The molecule has 0 saturated heterocycles. The quantitative estimate of drug-likeness (QED) is 0.120. The van der Waals surface area contributed by atoms with Gasteiger partial charge in [0.15, 0.2) is 14.1 Å². The lowest BCUT2D eigenvalue weighted by Gasteiger charge is -2.59. The third kappa shape index (κ3) is 5.68. The zero-order valence-corrected chi connectivity index (χ0v) is 28.7. The van der Waals surface area contributed by atoms with Crippen LogP contribution in [0.3, 0.4) is 0 Å². The van der Waals surface area contributed by atoms with E-state index in [4.69, 9.17) is 9.16 Å². The van der Waals surface area contributed by atoms with Gasteiger partial charge in [-0.25, -0.2) is 0 Å². The lowest BCUT2D eigenvalue weighted by molar-refractivity contribution is -0.183. The predicted molar refractivity (Wildman–Crippen MR) is 168 cm³/mol. The number of fused-ring (bicyclic) bond motifs is 5. The first-order valence-electron chi connectivity index (χ1n) is 16.8. The summed E-state index contributed by atoms with van der Waals surface area (Å²) in [4.78, 5) is 26.8. The van der Waals surface area contributed by atoms with Crippen molar-refractivity contribution in [2.24, 2.45) is 34.5 Å². The molecule has 41 heavy (non-hydrogen) atoms. The van der Waals surface area contributed by atoms with Crippen molar-refractivity contribution in [1.82, 2.24) is 0 Å². The summed E-state index contributed by atoms with van der Waals surface area (Å²) < 4.78 is 12.5. The number of hydrogen-bond acceptors (Lipinski definition) is 5. The Balaban J connectivity index is 1.47. The maximum absolute atomic E-state index is 13.7. The van der Waals surface area contributed by atoms with Crippen molar-refractivity contribution in [2.45, 2.75) is 155 Å². The Labute approximate surface area is 251 Å². The summed E-state index contributed by atoms with van der Waals surface area (Å²) in [7, 11) is -1.83. The van der Waals surface area contributed by atoms with Gasteiger partial charge in [-0.2, -0.15) is 0 Å². The predicted octanol–water partition coefficient (Wildman–Crippen LogP) is 8.40. The first kappa shape index (κ1) is 32.9. The molecule has 3 fully saturated rings. The third-order valence-electron chi connectivity index (χ3n) is 12.9. The van der Waals surface area contributed by atoms with Crippen molar-refractivity contribution in [2.75, 3.05) is 6.61 Å². The molecule has 8 atom stereocenters. The number of carbonyl (C=O) groups excluding carboxylic acids is 2. The van der Waals surface area contributed by atoms with Crippen molar-refractivity contribution in [3.63, 3.8) is 0 Å². The van der Waals surface area contributed by atoms with Gasteiger partial charge in [-0.05, 0) is 93.2 Å². The standard InChI is InChI=1S/C35H60O5Si/c1-10-11-12-13-14-21-39-31(37)24(2)35(38)30(36)23-29-27-16-15-25-22-26(40-41(8,9)32(3,4)5)17-19-33(25,6)28(27)18-20-34(29,35)7/h15,24,26-29,38H,10-14,16-23H2,1-9H3/t24-,26+,27-,28+,29+,33+,34+,35-/m1/s1. The van der Waals surface area contributed by atoms with Gasteiger partial charge >= 0.3 is 5.97 Å². The molecule has 4 rings (SSSR count). The van der Waals surface area contributed by atoms with E-state index >= 15 is 0 Å². The largest absolute Gasteiger partial charge is 0.465 e. The molecule has 0 aromatic rings. The average molecular weight is 589 g/mol. The Morgan fingerprint density at radius 2 is 1.76 bits per heavy atom. The Morgan fingerprint density at radius 3 is 2.41 bits per heavy atom. The molecule has 4 aliphatic carbocycles. The molecule has 5 nitrogen and oxygen atoms in total. The van der Waals surface area contributed by atoms with E-state index in [1.54, 1.807) is 12.5 Å². The van der Waals surface area contributed by atoms with E-state index in [0.717, 1.165) is 57.8 Å². The molecule has 0 radical (unpaired) electrons. The number of unbranched alkanes of at least 4 members (excludes halogenated alkanes) is 4. The second-order valence-corrected chi connectivity index (χ2v) is 20.9. The summed E-state index contributed by atoms with van der Waals surface area (Å²) in [5, 5.41) is 12.3. The number of ketones is 1. The molecule has 0 aromatic heterocycles. The number of carbonyl (C=O) groups is 2. The van der Waals surface area contributed by atoms with Crippen LogP contribution in [-0.4, -0.2) is 43.5 Å². The topological polar surface area (TPSA) is 72.8 Å². The maximum atomic E-state index is 13.7. The monoisotopic (exact) mass is 588 g/mol. The van der Waals surface area contributed by atoms with Crippen LogP contribution in [0.1, 0.15) is 126 Å². The van der Waals surface area contributed by atoms with Crippen LogP contribution < -0.4 is 0 Å². The van der Waals surface area contributed by atoms with Crippen LogP contribution in [0.25, 0.3) is 0 Å². The van der Waals surface area contributed by atoms with Crippen molar-refractivity contribution >= 4 is 20.1 Å². The van der Waals surface area contributed by atoms with Gasteiger partial charge in [0.25, 0.3) is 0 Å². The molecule has 0 bridgehead atoms. The zero-order valence-electron chi connectivity index (χ0n) is 27.7. The molecule has 0 aliphatic heterocycles. The highest BCUT2D eigenvalue weighted by Crippen LogP contribution is 2.67. The molecule has 0 spiro atoms. The summed E-state index contributed by atoms with van der Waals surface area (Å²) in [6.45, 7) is 20.5. The van der Waals surface area contributed by atoms with Gasteiger partial charge in [0.2, 0.25) is 0 Å². The van der Waals surface area contributed by atoms with Gasteiger partial charge in [-0.15, -0.1) is 0 Å². The molecule has 0 unspecified atom stereocenters. The van der Waals surface area contributed by atoms with Gasteiger partial charge in [0.1, 0.15) is 5.60 Å². The number of allylic oxidation sites excluding steroid dienone is 1. The summed E-state index contributed by atoms with van der Waals surface area (Å²) in [6, 6.07) is 0. The second kappa shape index (κ2) is 11.8. The zero-order chi connectivity index (χ0) is 30.4. The molecule has 4 aliphatic rings. The normalized spacial score (nSPS) is 38.0. The number of rotatable bonds is 10. The molecule has 0 aromatic carbocycles. The molecular weight excluding hydrogens is 528 g/mol. The molecule has 234 valence electrons. The van der Waals surface area contributed by atoms with Crippen molar-refractivity contribution in [3.05, 3.63) is 11.6 Å². The molecule has 1 N–H and O–H groups in total. The highest BCUT2D eigenvalue weighted by molar-refractivity contribution is 6.74. The fraction of sp³-hybridized carbons (Fsp3) is 0.886. The average Bonchev–Trinajstić information content (AvgIpc) is 3.11. The fourth-order valence-corrected chi connectivity index (χ4v) is 10.5. The first-order valence-corrected chi connectivity index (χ1v) is 19.7. The van der Waals surface area contributed by atoms with Crippen LogP contribution in [0.15, 0.2) is 11.6 Å². The highest BCUT2D eigenvalue weighted by atomic mass is 28.4. The third-order valence-corrected chi connectivity index (χ3v) is 17.4. The Hall–Kier alpha value is -0.983. The number of ether oxygens (including phenoxy) is 1. The van der Waals surface area contributed by atoms with Crippen LogP contribution in [0.2, 0.25) is 18.1 Å². The van der Waals surface area contributed by atoms with E-state index in [1.165, 1.54) is 12.8 Å². The van der Waals surface area contributed by atoms with E-state index in [2.05, 4.69) is 60.7 Å². The SMILES string of the molecule is CCCCCCCOC(=O)[C@@H](C)[C@@]1(O)C(=O)C[C@H]2[C@@H]3CC=C4C[C@@H](O[Si](C)(C)C(C)(C)C)CC[C@]4(C)[C@H]3CC[C@@]21C. The summed E-state index contributed by atoms with van der Waals surface area (Å²) in [6.07, 6.45) is 14.5. The second-order valence-electron chi connectivity index (χ2n) is 16.2. The van der Waals surface area contributed by atoms with Crippen molar-refractivity contribution < 1.29 is 23.9 Å². The molecular formula is C35H60O5Si. The van der Waals surface area contributed by atoms with Crippen LogP contribution in [0.5, 0.6) is 0 Å². The molecule has 3 saturated carbocycles. The number of Topliss-reactive ketones (excluding diaryl/α,β-unsaturated/α-hetero) is 1. The Morgan fingerprint density at radius 1 is 1.07 bits per heavy atom. The van der Waals surface area contributed by atoms with E-state index in [9.17, 15) is 14.7 Å². The molecule has 0 heterocycles. The fourth-order valence-electron chi connectivity index (χ4n) is 9.08. The summed E-state index contributed by atoms with van der Waals surface area (Å²) in [5.74, 6) is -0.443. The van der Waals surface area contributed by atoms with Crippen molar-refractivity contribution in [3.8, 4) is 0 Å². The van der Waals surface area contributed by atoms with Crippen molar-refractivity contribution in [1.29, 1.82) is 0 Å². The number of aliphatic hydroxyl groups is 1. The smallest absolute Gasteiger partial charge is 0.312 e. The van der Waals surface area contributed by atoms with E-state index in [0.29, 0.717) is 31.0 Å². The van der Waals surface area contributed by atoms with E-state index in [-0.39, 0.29) is 22.2 Å².